The van der Waals surface area contributed by atoms with Crippen molar-refractivity contribution in [2.24, 2.45) is 0 Å². The van der Waals surface area contributed by atoms with Crippen molar-refractivity contribution in [3.05, 3.63) is 5.28 Å². The van der Waals surface area contributed by atoms with Crippen LogP contribution in [0.4, 0.5) is 11.9 Å². The zero-order chi connectivity index (χ0) is 18.6. The van der Waals surface area contributed by atoms with E-state index in [2.05, 4.69) is 25.6 Å². The summed E-state index contributed by atoms with van der Waals surface area (Å²) < 4.78 is 5.81. The molecule has 1 aliphatic rings. The second kappa shape index (κ2) is 12.0. The maximum Gasteiger partial charge on any atom is 0.228 e. The van der Waals surface area contributed by atoms with Crippen LogP contribution in [0.1, 0.15) is 44.9 Å². The first kappa shape index (κ1) is 20.9. The Bertz CT molecular complexity index is 539. The van der Waals surface area contributed by atoms with E-state index < -0.39 is 9.04 Å². The third-order valence-corrected chi connectivity index (χ3v) is 6.70. The molecule has 0 bridgehead atoms. The summed E-state index contributed by atoms with van der Waals surface area (Å²) >= 11 is 5.71. The Kier molecular flexibility index (Phi) is 9.65. The van der Waals surface area contributed by atoms with Crippen LogP contribution in [-0.4, -0.2) is 49.6 Å². The van der Waals surface area contributed by atoms with Gasteiger partial charge in [0.15, 0.2) is 0 Å². The predicted molar refractivity (Wildman–Crippen MR) is 104 cm³/mol. The van der Waals surface area contributed by atoms with Crippen LogP contribution in [-0.2, 0) is 9.22 Å². The first-order valence-corrected chi connectivity index (χ1v) is 11.5. The number of amides is 1. The van der Waals surface area contributed by atoms with Gasteiger partial charge in [0.1, 0.15) is 0 Å². The predicted octanol–water partition coefficient (Wildman–Crippen LogP) is 2.39. The van der Waals surface area contributed by atoms with Gasteiger partial charge < -0.3 is 20.8 Å². The minimum atomic E-state index is -0.547. The van der Waals surface area contributed by atoms with Gasteiger partial charge >= 0.3 is 0 Å². The average molecular weight is 400 g/mol. The minimum Gasteiger partial charge on any atom is -0.417 e. The Morgan fingerprint density at radius 3 is 2.77 bits per heavy atom. The third kappa shape index (κ3) is 8.77. The molecule has 0 saturated carbocycles. The molecule has 145 valence electrons. The van der Waals surface area contributed by atoms with E-state index in [1.54, 1.807) is 0 Å². The minimum absolute atomic E-state index is 0.0661. The number of nitrogens with two attached hydrogens (primary N) is 1. The normalized spacial score (nSPS) is 15.0. The summed E-state index contributed by atoms with van der Waals surface area (Å²) in [5.74, 6) is 0.556. The van der Waals surface area contributed by atoms with Gasteiger partial charge in [-0.1, -0.05) is 12.8 Å². The van der Waals surface area contributed by atoms with Crippen molar-refractivity contribution >= 4 is 38.4 Å². The van der Waals surface area contributed by atoms with E-state index in [0.29, 0.717) is 18.9 Å². The molecule has 2 heterocycles. The number of unbranched alkanes of at least 4 members (excludes halogenated alkanes) is 2. The highest BCUT2D eigenvalue weighted by Crippen LogP contribution is 2.16. The second-order valence-corrected chi connectivity index (χ2v) is 9.03. The van der Waals surface area contributed by atoms with Crippen molar-refractivity contribution < 1.29 is 9.22 Å². The molecule has 4 N–H and O–H groups in total. The molecule has 1 radical (unpaired) electrons. The van der Waals surface area contributed by atoms with E-state index >= 15 is 0 Å². The van der Waals surface area contributed by atoms with Crippen LogP contribution >= 0.6 is 11.6 Å². The fourth-order valence-corrected chi connectivity index (χ4v) is 5.16. The zero-order valence-corrected chi connectivity index (χ0v) is 16.9. The summed E-state index contributed by atoms with van der Waals surface area (Å²) in [4.78, 5) is 23.4. The maximum atomic E-state index is 11.8. The number of carbonyl (C=O) groups is 1. The van der Waals surface area contributed by atoms with Crippen LogP contribution in [0.5, 0.6) is 0 Å². The fraction of sp³-hybridized carbons (Fsp3) is 0.750. The monoisotopic (exact) mass is 399 g/mol. The molecule has 10 heteroatoms. The van der Waals surface area contributed by atoms with Crippen LogP contribution in [0.3, 0.4) is 0 Å². The van der Waals surface area contributed by atoms with Crippen LogP contribution in [0.15, 0.2) is 0 Å². The molecule has 2 rings (SSSR count). The van der Waals surface area contributed by atoms with Crippen molar-refractivity contribution in [3.8, 4) is 0 Å². The van der Waals surface area contributed by atoms with Crippen molar-refractivity contribution in [1.82, 2.24) is 20.3 Å². The standard InChI is InChI=1S/C16H28ClN6O2Si/c17-14-21-15(18)23-16(22-14)20-9-2-1-7-13(24)19-8-3-5-11-26-12-6-4-10-25-26/h1-12H2,(H,19,24)(H3,18,20,21,22,23). The number of nitrogens with zero attached hydrogens (tertiary/aromatic N) is 3. The number of hydrogen-bond acceptors (Lipinski definition) is 7. The summed E-state index contributed by atoms with van der Waals surface area (Å²) in [7, 11) is -0.547. The summed E-state index contributed by atoms with van der Waals surface area (Å²) in [6.07, 6.45) is 6.89. The molecule has 1 aromatic rings. The number of nitrogens with one attached hydrogen (secondary N) is 2. The van der Waals surface area contributed by atoms with Gasteiger partial charge in [-0.05, 0) is 49.4 Å². The Balaban J connectivity index is 1.43. The molecule has 26 heavy (non-hydrogen) atoms. The highest BCUT2D eigenvalue weighted by atomic mass is 35.5. The number of anilines is 2. The largest absolute Gasteiger partial charge is 0.417 e. The molecule has 0 spiro atoms. The molecule has 0 atom stereocenters. The molecule has 1 aromatic heterocycles. The molecule has 1 amide bonds. The number of carbonyl (C=O) groups excluding carboxylic acids is 1. The Morgan fingerprint density at radius 2 is 2.00 bits per heavy atom. The van der Waals surface area contributed by atoms with Gasteiger partial charge in [-0.25, -0.2) is 0 Å². The van der Waals surface area contributed by atoms with E-state index in [1.807, 2.05) is 0 Å². The molecule has 0 aromatic carbocycles. The third-order valence-electron chi connectivity index (χ3n) is 4.10. The molecular formula is C16H28ClN6O2Si. The van der Waals surface area contributed by atoms with Gasteiger partial charge in [0.2, 0.25) is 32.1 Å². The lowest BCUT2D eigenvalue weighted by Crippen LogP contribution is -2.25. The first-order chi connectivity index (χ1) is 12.6. The molecule has 8 nitrogen and oxygen atoms in total. The lowest BCUT2D eigenvalue weighted by Gasteiger charge is -2.19. The van der Waals surface area contributed by atoms with Gasteiger partial charge in [-0.2, -0.15) is 15.0 Å². The quantitative estimate of drug-likeness (QED) is 0.386. The number of nitrogen functional groups attached to an aromatic ring is 1. The van der Waals surface area contributed by atoms with Gasteiger partial charge in [0, 0.05) is 26.1 Å². The van der Waals surface area contributed by atoms with E-state index in [4.69, 9.17) is 21.8 Å². The first-order valence-electron chi connectivity index (χ1n) is 9.28. The second-order valence-electron chi connectivity index (χ2n) is 6.32. The van der Waals surface area contributed by atoms with E-state index in [1.165, 1.54) is 24.9 Å². The molecule has 1 aliphatic heterocycles. The Hall–Kier alpha value is -1.45. The number of hydrogen-bond donors (Lipinski definition) is 3. The molecule has 1 saturated heterocycles. The van der Waals surface area contributed by atoms with Gasteiger partial charge in [-0.15, -0.1) is 0 Å². The molecule has 0 aliphatic carbocycles. The molecule has 1 fully saturated rings. The van der Waals surface area contributed by atoms with Gasteiger partial charge in [0.05, 0.1) is 0 Å². The van der Waals surface area contributed by atoms with Crippen LogP contribution in [0, 0.1) is 0 Å². The van der Waals surface area contributed by atoms with E-state index in [-0.39, 0.29) is 17.1 Å². The van der Waals surface area contributed by atoms with E-state index in [0.717, 1.165) is 38.8 Å². The summed E-state index contributed by atoms with van der Waals surface area (Å²) in [6.45, 7) is 2.36. The van der Waals surface area contributed by atoms with Crippen LogP contribution in [0.25, 0.3) is 0 Å². The van der Waals surface area contributed by atoms with Crippen LogP contribution < -0.4 is 16.4 Å². The topological polar surface area (TPSA) is 115 Å². The Labute approximate surface area is 161 Å². The highest BCUT2D eigenvalue weighted by Gasteiger charge is 2.16. The number of rotatable bonds is 11. The summed E-state index contributed by atoms with van der Waals surface area (Å²) in [6, 6.07) is 2.49. The van der Waals surface area contributed by atoms with Crippen molar-refractivity contribution in [1.29, 1.82) is 0 Å². The van der Waals surface area contributed by atoms with Crippen LogP contribution in [0.2, 0.25) is 17.4 Å². The molecular weight excluding hydrogens is 372 g/mol. The number of halogens is 1. The van der Waals surface area contributed by atoms with Crippen molar-refractivity contribution in [2.75, 3.05) is 30.7 Å². The SMILES string of the molecule is Nc1nc(Cl)nc(NCCCCC(=O)NCCCC[Si]2CCCCO2)n1. The van der Waals surface area contributed by atoms with Gasteiger partial charge in [-0.3, -0.25) is 4.79 Å². The zero-order valence-electron chi connectivity index (χ0n) is 15.1. The van der Waals surface area contributed by atoms with Crippen molar-refractivity contribution in [3.63, 3.8) is 0 Å². The smallest absolute Gasteiger partial charge is 0.228 e. The summed E-state index contributed by atoms with van der Waals surface area (Å²) in [5.41, 5.74) is 5.49. The van der Waals surface area contributed by atoms with E-state index in [9.17, 15) is 4.79 Å². The lowest BCUT2D eigenvalue weighted by atomic mass is 10.2. The average Bonchev–Trinajstić information content (AvgIpc) is 2.61. The van der Waals surface area contributed by atoms with Gasteiger partial charge in [0.25, 0.3) is 0 Å². The van der Waals surface area contributed by atoms with Crippen molar-refractivity contribution in [2.45, 2.75) is 57.0 Å². The summed E-state index contributed by atoms with van der Waals surface area (Å²) in [5, 5.41) is 6.08. The fourth-order valence-electron chi connectivity index (χ4n) is 2.73. The number of aromatic nitrogens is 3. The lowest BCUT2D eigenvalue weighted by molar-refractivity contribution is -0.121. The maximum absolute atomic E-state index is 11.8. The molecule has 0 unspecified atom stereocenters. The Morgan fingerprint density at radius 1 is 1.15 bits per heavy atom. The highest BCUT2D eigenvalue weighted by molar-refractivity contribution is 6.51.